The molecule has 1 heterocycles. The standard InChI is InChI=1S/C17H23N3O.ClH/c1-12-11-16(17(21)19-10-9-18)14(3)20(12)13(2)15-7-5-4-6-8-15;/h4-8,11,13H,9-10,18H2,1-3H3,(H,19,21);1H. The van der Waals surface area contributed by atoms with Crippen molar-refractivity contribution >= 4 is 18.3 Å². The van der Waals surface area contributed by atoms with Crippen LogP contribution in [0.25, 0.3) is 0 Å². The Morgan fingerprint density at radius 3 is 2.50 bits per heavy atom. The maximum Gasteiger partial charge on any atom is 0.253 e. The number of nitrogens with two attached hydrogens (primary N) is 1. The maximum absolute atomic E-state index is 12.2. The highest BCUT2D eigenvalue weighted by molar-refractivity contribution is 5.95. The first-order valence-electron chi connectivity index (χ1n) is 7.28. The third-order valence-corrected chi connectivity index (χ3v) is 3.83. The van der Waals surface area contributed by atoms with Crippen LogP contribution in [0, 0.1) is 13.8 Å². The van der Waals surface area contributed by atoms with Gasteiger partial charge >= 0.3 is 0 Å². The van der Waals surface area contributed by atoms with Crippen molar-refractivity contribution in [1.82, 2.24) is 9.88 Å². The molecule has 0 aliphatic heterocycles. The van der Waals surface area contributed by atoms with Gasteiger partial charge in [0.2, 0.25) is 0 Å². The van der Waals surface area contributed by atoms with Crippen molar-refractivity contribution in [1.29, 1.82) is 0 Å². The molecule has 22 heavy (non-hydrogen) atoms. The maximum atomic E-state index is 12.2. The lowest BCUT2D eigenvalue weighted by molar-refractivity contribution is 0.0954. The Labute approximate surface area is 138 Å². The van der Waals surface area contributed by atoms with E-state index < -0.39 is 0 Å². The summed E-state index contributed by atoms with van der Waals surface area (Å²) in [5, 5.41) is 2.83. The summed E-state index contributed by atoms with van der Waals surface area (Å²) < 4.78 is 2.20. The summed E-state index contributed by atoms with van der Waals surface area (Å²) >= 11 is 0. The topological polar surface area (TPSA) is 60.1 Å². The molecule has 1 aromatic heterocycles. The molecule has 1 atom stereocenters. The molecule has 4 nitrogen and oxygen atoms in total. The molecule has 0 aliphatic carbocycles. The molecule has 0 radical (unpaired) electrons. The lowest BCUT2D eigenvalue weighted by atomic mass is 10.1. The average Bonchev–Trinajstić information content (AvgIpc) is 2.80. The first-order valence-corrected chi connectivity index (χ1v) is 7.28. The van der Waals surface area contributed by atoms with Crippen LogP contribution in [-0.2, 0) is 0 Å². The minimum absolute atomic E-state index is 0. The van der Waals surface area contributed by atoms with Gasteiger partial charge in [-0.05, 0) is 32.4 Å². The van der Waals surface area contributed by atoms with E-state index in [1.807, 2.05) is 38.1 Å². The summed E-state index contributed by atoms with van der Waals surface area (Å²) in [4.78, 5) is 12.2. The van der Waals surface area contributed by atoms with Gasteiger partial charge in [0.1, 0.15) is 0 Å². The van der Waals surface area contributed by atoms with Gasteiger partial charge in [-0.1, -0.05) is 30.3 Å². The van der Waals surface area contributed by atoms with Crippen LogP contribution < -0.4 is 11.1 Å². The van der Waals surface area contributed by atoms with Gasteiger partial charge in [-0.3, -0.25) is 4.79 Å². The third kappa shape index (κ3) is 3.70. The van der Waals surface area contributed by atoms with Gasteiger partial charge in [-0.2, -0.15) is 0 Å². The van der Waals surface area contributed by atoms with E-state index in [0.29, 0.717) is 13.1 Å². The Balaban J connectivity index is 0.00000242. The van der Waals surface area contributed by atoms with Crippen molar-refractivity contribution in [2.24, 2.45) is 5.73 Å². The van der Waals surface area contributed by atoms with Gasteiger partial charge in [0, 0.05) is 24.5 Å². The van der Waals surface area contributed by atoms with E-state index in [0.717, 1.165) is 17.0 Å². The Kier molecular flexibility index (Phi) is 6.65. The number of rotatable bonds is 5. The highest BCUT2D eigenvalue weighted by Crippen LogP contribution is 2.25. The number of nitrogens with zero attached hydrogens (tertiary/aromatic N) is 1. The molecule has 1 aromatic carbocycles. The summed E-state index contributed by atoms with van der Waals surface area (Å²) in [7, 11) is 0. The Morgan fingerprint density at radius 2 is 1.91 bits per heavy atom. The predicted molar refractivity (Wildman–Crippen MR) is 92.8 cm³/mol. The van der Waals surface area contributed by atoms with Crippen LogP contribution >= 0.6 is 12.4 Å². The van der Waals surface area contributed by atoms with Crippen molar-refractivity contribution in [3.8, 4) is 0 Å². The zero-order chi connectivity index (χ0) is 15.4. The molecule has 0 fully saturated rings. The molecule has 0 aliphatic rings. The third-order valence-electron chi connectivity index (χ3n) is 3.83. The summed E-state index contributed by atoms with van der Waals surface area (Å²) in [6, 6.07) is 12.4. The first-order chi connectivity index (χ1) is 10.1. The number of nitrogens with one attached hydrogen (secondary N) is 1. The number of carbonyl (C=O) groups is 1. The molecular formula is C17H24ClN3O. The van der Waals surface area contributed by atoms with Crippen molar-refractivity contribution < 1.29 is 4.79 Å². The second-order valence-corrected chi connectivity index (χ2v) is 5.29. The fraction of sp³-hybridized carbons (Fsp3) is 0.353. The normalized spacial score (nSPS) is 11.6. The molecular weight excluding hydrogens is 298 g/mol. The zero-order valence-electron chi connectivity index (χ0n) is 13.3. The van der Waals surface area contributed by atoms with Crippen LogP contribution in [0.5, 0.6) is 0 Å². The fourth-order valence-electron chi connectivity index (χ4n) is 2.76. The van der Waals surface area contributed by atoms with Crippen molar-refractivity contribution in [3.05, 3.63) is 58.9 Å². The number of amides is 1. The minimum atomic E-state index is -0.0555. The lowest BCUT2D eigenvalue weighted by Gasteiger charge is -2.19. The van der Waals surface area contributed by atoms with Crippen molar-refractivity contribution in [3.63, 3.8) is 0 Å². The van der Waals surface area contributed by atoms with Gasteiger partial charge < -0.3 is 15.6 Å². The molecule has 0 bridgehead atoms. The molecule has 120 valence electrons. The lowest BCUT2D eigenvalue weighted by Crippen LogP contribution is -2.29. The summed E-state index contributed by atoms with van der Waals surface area (Å²) in [6.45, 7) is 7.12. The van der Waals surface area contributed by atoms with Crippen LogP contribution in [0.1, 0.15) is 40.3 Å². The zero-order valence-corrected chi connectivity index (χ0v) is 14.1. The van der Waals surface area contributed by atoms with E-state index in [2.05, 4.69) is 28.9 Å². The van der Waals surface area contributed by atoms with E-state index in [1.165, 1.54) is 5.56 Å². The van der Waals surface area contributed by atoms with Gasteiger partial charge in [0.15, 0.2) is 0 Å². The molecule has 1 amide bonds. The Bertz CT molecular complexity index is 622. The summed E-state index contributed by atoms with van der Waals surface area (Å²) in [5.41, 5.74) is 9.46. The number of benzene rings is 1. The van der Waals surface area contributed by atoms with Gasteiger partial charge in [0.25, 0.3) is 5.91 Å². The quantitative estimate of drug-likeness (QED) is 0.889. The average molecular weight is 322 g/mol. The number of aryl methyl sites for hydroxylation is 1. The van der Waals surface area contributed by atoms with Crippen LogP contribution in [0.15, 0.2) is 36.4 Å². The van der Waals surface area contributed by atoms with E-state index in [4.69, 9.17) is 5.73 Å². The van der Waals surface area contributed by atoms with Gasteiger partial charge in [-0.25, -0.2) is 0 Å². The Morgan fingerprint density at radius 1 is 1.27 bits per heavy atom. The van der Waals surface area contributed by atoms with Crippen molar-refractivity contribution in [2.75, 3.05) is 13.1 Å². The molecule has 1 unspecified atom stereocenters. The number of carbonyl (C=O) groups excluding carboxylic acids is 1. The molecule has 2 rings (SSSR count). The molecule has 5 heteroatoms. The van der Waals surface area contributed by atoms with E-state index in [1.54, 1.807) is 0 Å². The van der Waals surface area contributed by atoms with Gasteiger partial charge in [0.05, 0.1) is 11.6 Å². The highest BCUT2D eigenvalue weighted by atomic mass is 35.5. The fourth-order valence-corrected chi connectivity index (χ4v) is 2.76. The highest BCUT2D eigenvalue weighted by Gasteiger charge is 2.19. The molecule has 0 saturated heterocycles. The van der Waals surface area contributed by atoms with Gasteiger partial charge in [-0.15, -0.1) is 12.4 Å². The second kappa shape index (κ2) is 8.01. The van der Waals surface area contributed by atoms with Crippen LogP contribution in [0.4, 0.5) is 0 Å². The predicted octanol–water partition coefficient (Wildman–Crippen LogP) is 2.82. The second-order valence-electron chi connectivity index (χ2n) is 5.29. The van der Waals surface area contributed by atoms with Crippen LogP contribution in [0.2, 0.25) is 0 Å². The smallest absolute Gasteiger partial charge is 0.253 e. The van der Waals surface area contributed by atoms with Crippen molar-refractivity contribution in [2.45, 2.75) is 26.8 Å². The SMILES string of the molecule is Cc1cc(C(=O)NCCN)c(C)n1C(C)c1ccccc1.Cl. The van der Waals surface area contributed by atoms with E-state index >= 15 is 0 Å². The minimum Gasteiger partial charge on any atom is -0.351 e. The molecule has 0 saturated carbocycles. The van der Waals surface area contributed by atoms with E-state index in [9.17, 15) is 4.79 Å². The summed E-state index contributed by atoms with van der Waals surface area (Å²) in [6.07, 6.45) is 0. The number of hydrogen-bond acceptors (Lipinski definition) is 2. The molecule has 0 spiro atoms. The molecule has 2 aromatic rings. The van der Waals surface area contributed by atoms with Crippen LogP contribution in [0.3, 0.4) is 0 Å². The number of hydrogen-bond donors (Lipinski definition) is 2. The summed E-state index contributed by atoms with van der Waals surface area (Å²) in [5.74, 6) is -0.0555. The largest absolute Gasteiger partial charge is 0.351 e. The number of halogens is 1. The monoisotopic (exact) mass is 321 g/mol. The van der Waals surface area contributed by atoms with Crippen LogP contribution in [-0.4, -0.2) is 23.6 Å². The number of aromatic nitrogens is 1. The Hall–Kier alpha value is -1.78. The van der Waals surface area contributed by atoms with E-state index in [-0.39, 0.29) is 24.4 Å². The molecule has 3 N–H and O–H groups in total. The first kappa shape index (κ1) is 18.3.